The van der Waals surface area contributed by atoms with E-state index in [0.29, 0.717) is 0 Å². The van der Waals surface area contributed by atoms with Crippen molar-refractivity contribution in [3.05, 3.63) is 78.1 Å². The Bertz CT molecular complexity index is 1250. The van der Waals surface area contributed by atoms with Gasteiger partial charge in [-0.25, -0.2) is 9.97 Å². The molecule has 0 saturated carbocycles. The topological polar surface area (TPSA) is 50.7 Å². The minimum atomic E-state index is 0.801. The number of benzene rings is 2. The van der Waals surface area contributed by atoms with Crippen LogP contribution < -0.4 is 5.32 Å². The number of fused-ring (bicyclic) bond motifs is 2. The Balaban J connectivity index is 1.67. The number of aromatic nitrogens is 3. The van der Waals surface area contributed by atoms with E-state index in [1.165, 1.54) is 11.1 Å². The molecule has 0 bridgehead atoms. The molecule has 0 spiro atoms. The number of rotatable bonds is 3. The van der Waals surface area contributed by atoms with Crippen molar-refractivity contribution in [2.24, 2.45) is 0 Å². The molecular weight excluding hydrogens is 352 g/mol. The number of aryl methyl sites for hydroxylation is 1. The number of hydrogen-bond donors (Lipinski definition) is 1. The molecule has 0 fully saturated rings. The fraction of sp³-hybridized carbons (Fsp3) is 0.0455. The normalized spacial score (nSPS) is 11.1. The molecule has 0 amide bonds. The van der Waals surface area contributed by atoms with Crippen molar-refractivity contribution in [2.75, 3.05) is 5.32 Å². The molecule has 5 rings (SSSR count). The van der Waals surface area contributed by atoms with Gasteiger partial charge in [0.2, 0.25) is 0 Å². The van der Waals surface area contributed by atoms with Crippen molar-refractivity contribution in [3.63, 3.8) is 0 Å². The zero-order valence-electron chi connectivity index (χ0n) is 14.7. The largest absolute Gasteiger partial charge is 0.338 e. The number of para-hydroxylation sites is 1. The number of thiophene rings is 1. The van der Waals surface area contributed by atoms with Crippen LogP contribution in [0.2, 0.25) is 0 Å². The van der Waals surface area contributed by atoms with Gasteiger partial charge < -0.3 is 5.32 Å². The number of pyridine rings is 1. The minimum absolute atomic E-state index is 0.801. The van der Waals surface area contributed by atoms with Crippen LogP contribution in [0.1, 0.15) is 5.56 Å². The Morgan fingerprint density at radius 2 is 1.74 bits per heavy atom. The van der Waals surface area contributed by atoms with E-state index in [4.69, 9.17) is 0 Å². The fourth-order valence-electron chi connectivity index (χ4n) is 3.25. The smallest absolute Gasteiger partial charge is 0.143 e. The molecule has 0 aliphatic rings. The second-order valence-corrected chi connectivity index (χ2v) is 7.28. The van der Waals surface area contributed by atoms with Gasteiger partial charge in [0.1, 0.15) is 17.0 Å². The van der Waals surface area contributed by atoms with Crippen molar-refractivity contribution >= 4 is 44.0 Å². The summed E-state index contributed by atoms with van der Waals surface area (Å²) in [6.45, 7) is 2.10. The van der Waals surface area contributed by atoms with Crippen molar-refractivity contribution in [2.45, 2.75) is 6.92 Å². The van der Waals surface area contributed by atoms with Crippen LogP contribution in [0.4, 0.5) is 11.5 Å². The SMILES string of the molecule is Cc1ccc(-c2csc3ncnc(Nc4cccc5cccnc45)c23)cc1. The average molecular weight is 368 g/mol. The van der Waals surface area contributed by atoms with Crippen LogP contribution >= 0.6 is 11.3 Å². The second-order valence-electron chi connectivity index (χ2n) is 6.42. The van der Waals surface area contributed by atoms with Crippen molar-refractivity contribution < 1.29 is 0 Å². The predicted molar refractivity (Wildman–Crippen MR) is 113 cm³/mol. The van der Waals surface area contributed by atoms with E-state index in [9.17, 15) is 0 Å². The van der Waals surface area contributed by atoms with Crippen molar-refractivity contribution in [1.82, 2.24) is 15.0 Å². The van der Waals surface area contributed by atoms with E-state index in [1.807, 2.05) is 24.4 Å². The Labute approximate surface area is 160 Å². The van der Waals surface area contributed by atoms with Gasteiger partial charge in [0.25, 0.3) is 0 Å². The summed E-state index contributed by atoms with van der Waals surface area (Å²) in [5, 5.41) is 7.78. The highest BCUT2D eigenvalue weighted by atomic mass is 32.1. The summed E-state index contributed by atoms with van der Waals surface area (Å²) in [5.74, 6) is 0.801. The lowest BCUT2D eigenvalue weighted by molar-refractivity contribution is 1.23. The Morgan fingerprint density at radius 1 is 0.889 bits per heavy atom. The van der Waals surface area contributed by atoms with Gasteiger partial charge in [0.05, 0.1) is 16.6 Å². The molecule has 130 valence electrons. The zero-order chi connectivity index (χ0) is 18.2. The molecule has 0 atom stereocenters. The Kier molecular flexibility index (Phi) is 3.80. The third-order valence-corrected chi connectivity index (χ3v) is 5.50. The summed E-state index contributed by atoms with van der Waals surface area (Å²) >= 11 is 1.63. The number of anilines is 2. The standard InChI is InChI=1S/C22H16N4S/c1-14-7-9-15(10-8-14)17-12-27-22-19(17)21(24-13-25-22)26-18-6-2-4-16-5-3-11-23-20(16)18/h2-13H,1H3,(H,24,25,26). The van der Waals surface area contributed by atoms with Gasteiger partial charge in [0.15, 0.2) is 0 Å². The minimum Gasteiger partial charge on any atom is -0.338 e. The summed E-state index contributed by atoms with van der Waals surface area (Å²) < 4.78 is 0. The van der Waals surface area contributed by atoms with Crippen molar-refractivity contribution in [3.8, 4) is 11.1 Å². The van der Waals surface area contributed by atoms with Gasteiger partial charge >= 0.3 is 0 Å². The van der Waals surface area contributed by atoms with Crippen LogP contribution in [0.5, 0.6) is 0 Å². The summed E-state index contributed by atoms with van der Waals surface area (Å²) in [6.07, 6.45) is 3.42. The van der Waals surface area contributed by atoms with E-state index in [2.05, 4.69) is 69.0 Å². The quantitative estimate of drug-likeness (QED) is 0.427. The molecule has 0 radical (unpaired) electrons. The van der Waals surface area contributed by atoms with E-state index < -0.39 is 0 Å². The molecule has 4 nitrogen and oxygen atoms in total. The molecule has 5 aromatic rings. The monoisotopic (exact) mass is 368 g/mol. The van der Waals surface area contributed by atoms with Crippen LogP contribution in [-0.4, -0.2) is 15.0 Å². The lowest BCUT2D eigenvalue weighted by Gasteiger charge is -2.10. The number of hydrogen-bond acceptors (Lipinski definition) is 5. The maximum absolute atomic E-state index is 4.54. The number of nitrogens with one attached hydrogen (secondary N) is 1. The van der Waals surface area contributed by atoms with Crippen LogP contribution in [-0.2, 0) is 0 Å². The van der Waals surface area contributed by atoms with Gasteiger partial charge in [-0.1, -0.05) is 48.0 Å². The maximum Gasteiger partial charge on any atom is 0.143 e. The van der Waals surface area contributed by atoms with E-state index >= 15 is 0 Å². The molecular formula is C22H16N4S. The molecule has 0 aliphatic heterocycles. The first-order valence-corrected chi connectivity index (χ1v) is 9.57. The average Bonchev–Trinajstić information content (AvgIpc) is 3.14. The lowest BCUT2D eigenvalue weighted by Crippen LogP contribution is -1.97. The highest BCUT2D eigenvalue weighted by Gasteiger charge is 2.14. The van der Waals surface area contributed by atoms with Crippen LogP contribution in [0, 0.1) is 6.92 Å². The lowest BCUT2D eigenvalue weighted by atomic mass is 10.0. The zero-order valence-corrected chi connectivity index (χ0v) is 15.5. The number of nitrogens with zero attached hydrogens (tertiary/aromatic N) is 3. The van der Waals surface area contributed by atoms with Gasteiger partial charge in [-0.05, 0) is 24.6 Å². The van der Waals surface area contributed by atoms with Gasteiger partial charge in [-0.2, -0.15) is 0 Å². The first-order valence-electron chi connectivity index (χ1n) is 8.69. The first-order chi connectivity index (χ1) is 13.3. The molecule has 0 saturated heterocycles. The maximum atomic E-state index is 4.54. The third kappa shape index (κ3) is 2.82. The fourth-order valence-corrected chi connectivity index (χ4v) is 4.16. The second kappa shape index (κ2) is 6.45. The molecule has 0 unspecified atom stereocenters. The molecule has 5 heteroatoms. The first kappa shape index (κ1) is 15.9. The van der Waals surface area contributed by atoms with Gasteiger partial charge in [-0.15, -0.1) is 11.3 Å². The third-order valence-electron chi connectivity index (χ3n) is 4.62. The Hall–Kier alpha value is -3.31. The molecule has 27 heavy (non-hydrogen) atoms. The summed E-state index contributed by atoms with van der Waals surface area (Å²) in [4.78, 5) is 14.5. The highest BCUT2D eigenvalue weighted by Crippen LogP contribution is 2.38. The van der Waals surface area contributed by atoms with Gasteiger partial charge in [0, 0.05) is 22.5 Å². The van der Waals surface area contributed by atoms with E-state index in [0.717, 1.165) is 38.2 Å². The summed E-state index contributed by atoms with van der Waals surface area (Å²) in [5.41, 5.74) is 5.43. The molecule has 3 heterocycles. The van der Waals surface area contributed by atoms with Crippen LogP contribution in [0.15, 0.2) is 72.5 Å². The summed E-state index contributed by atoms with van der Waals surface area (Å²) in [7, 11) is 0. The Morgan fingerprint density at radius 3 is 2.63 bits per heavy atom. The molecule has 3 aromatic heterocycles. The van der Waals surface area contributed by atoms with Crippen LogP contribution in [0.25, 0.3) is 32.2 Å². The highest BCUT2D eigenvalue weighted by molar-refractivity contribution is 7.17. The van der Waals surface area contributed by atoms with Crippen molar-refractivity contribution in [1.29, 1.82) is 0 Å². The van der Waals surface area contributed by atoms with E-state index in [-0.39, 0.29) is 0 Å². The van der Waals surface area contributed by atoms with E-state index in [1.54, 1.807) is 17.7 Å². The molecule has 2 aromatic carbocycles. The molecule has 1 N–H and O–H groups in total. The predicted octanol–water partition coefficient (Wildman–Crippen LogP) is 5.96. The summed E-state index contributed by atoms with van der Waals surface area (Å²) in [6, 6.07) is 18.7. The van der Waals surface area contributed by atoms with Gasteiger partial charge in [-0.3, -0.25) is 4.98 Å². The molecule has 0 aliphatic carbocycles. The van der Waals surface area contributed by atoms with Crippen LogP contribution in [0.3, 0.4) is 0 Å².